The molecular weight excluding hydrogens is 223 g/mol. The van der Waals surface area contributed by atoms with E-state index in [1.807, 2.05) is 6.08 Å². The van der Waals surface area contributed by atoms with Gasteiger partial charge in [0.2, 0.25) is 0 Å². The zero-order valence-corrected chi connectivity index (χ0v) is 7.97. The Balaban J connectivity index is -0.0000000450. The van der Waals surface area contributed by atoms with Crippen molar-refractivity contribution in [3.8, 4) is 0 Å². The quantitative estimate of drug-likeness (QED) is 0.476. The summed E-state index contributed by atoms with van der Waals surface area (Å²) < 4.78 is 0. The Morgan fingerprint density at radius 2 is 1.67 bits per heavy atom. The van der Waals surface area contributed by atoms with Crippen molar-refractivity contribution < 1.29 is 0 Å². The molecule has 0 aliphatic heterocycles. The number of hydrogen-bond donors (Lipinski definition) is 0. The molecule has 0 aliphatic carbocycles. The van der Waals surface area contributed by atoms with Gasteiger partial charge < -0.3 is 0 Å². The Kier molecular flexibility index (Phi) is 42.7. The summed E-state index contributed by atoms with van der Waals surface area (Å²) in [4.78, 5) is 0. The molecule has 0 N–H and O–H groups in total. The average Bonchev–Trinajstić information content (AvgIpc) is 1.37. The Morgan fingerprint density at radius 3 is 1.67 bits per heavy atom. The van der Waals surface area contributed by atoms with Crippen LogP contribution in [0, 0.1) is 0 Å². The largest absolute Gasteiger partial charge is 0.124 e. The van der Waals surface area contributed by atoms with Crippen LogP contribution in [-0.2, 0) is 0 Å². The van der Waals surface area contributed by atoms with Crippen LogP contribution in [0.3, 0.4) is 0 Å². The molecule has 0 saturated carbocycles. The molecule has 0 heterocycles. The van der Waals surface area contributed by atoms with Crippen molar-refractivity contribution in [1.29, 1.82) is 0 Å². The molecule has 0 spiro atoms. The van der Waals surface area contributed by atoms with Crippen molar-refractivity contribution >= 4 is 50.3 Å². The summed E-state index contributed by atoms with van der Waals surface area (Å²) in [5.74, 6) is 0. The van der Waals surface area contributed by atoms with Gasteiger partial charge in [-0.05, 0) is 0 Å². The molecule has 0 nitrogen and oxygen atoms in total. The van der Waals surface area contributed by atoms with E-state index in [9.17, 15) is 0 Å². The van der Waals surface area contributed by atoms with Gasteiger partial charge in [-0.25, -0.2) is 0 Å². The predicted octanol–water partition coefficient (Wildman–Crippen LogP) is 1.91. The number of rotatable bonds is 1. The minimum Gasteiger partial charge on any atom is -0.114 e. The summed E-state index contributed by atoms with van der Waals surface area (Å²) in [7, 11) is 0. The van der Waals surface area contributed by atoms with E-state index in [0.717, 1.165) is 5.28 Å². The third kappa shape index (κ3) is 18.8. The van der Waals surface area contributed by atoms with Crippen molar-refractivity contribution in [3.05, 3.63) is 12.7 Å². The van der Waals surface area contributed by atoms with Crippen LogP contribution < -0.4 is 0 Å². The first kappa shape index (κ1) is 15.7. The average molecular weight is 230 g/mol. The molecule has 0 saturated heterocycles. The SMILES string of the molecule is Br.Br.C=C[CH2][Al]. The highest BCUT2D eigenvalue weighted by molar-refractivity contribution is 8.93. The van der Waals surface area contributed by atoms with Crippen molar-refractivity contribution in [2.24, 2.45) is 0 Å². The molecule has 6 heavy (non-hydrogen) atoms. The molecule has 0 unspecified atom stereocenters. The van der Waals surface area contributed by atoms with Gasteiger partial charge in [0.05, 0.1) is 0 Å². The maximum Gasteiger partial charge on any atom is 0.124 e. The molecule has 0 bridgehead atoms. The smallest absolute Gasteiger partial charge is 0.114 e. The van der Waals surface area contributed by atoms with Crippen molar-refractivity contribution in [3.63, 3.8) is 0 Å². The highest BCUT2D eigenvalue weighted by atomic mass is 79.9. The molecular formula is C3H7AlBr2. The molecule has 0 fully saturated rings. The second-order valence-corrected chi connectivity index (χ2v) is 0.996. The second-order valence-electron chi connectivity index (χ2n) is 0.524. The highest BCUT2D eigenvalue weighted by Crippen LogP contribution is 1.61. The minimum atomic E-state index is 0. The van der Waals surface area contributed by atoms with Crippen LogP contribution >= 0.6 is 34.0 Å². The van der Waals surface area contributed by atoms with Gasteiger partial charge in [0.1, 0.15) is 16.3 Å². The first-order valence-electron chi connectivity index (χ1n) is 1.22. The summed E-state index contributed by atoms with van der Waals surface area (Å²) in [6.07, 6.45) is 1.84. The molecule has 36 valence electrons. The first-order valence-corrected chi connectivity index (χ1v) is 2.04. The van der Waals surface area contributed by atoms with Gasteiger partial charge in [0.25, 0.3) is 0 Å². The van der Waals surface area contributed by atoms with Crippen LogP contribution in [0.2, 0.25) is 5.28 Å². The van der Waals surface area contributed by atoms with E-state index >= 15 is 0 Å². The number of halogens is 2. The molecule has 3 heteroatoms. The van der Waals surface area contributed by atoms with E-state index in [4.69, 9.17) is 0 Å². The van der Waals surface area contributed by atoms with Crippen molar-refractivity contribution in [1.82, 2.24) is 0 Å². The molecule has 2 radical (unpaired) electrons. The summed E-state index contributed by atoms with van der Waals surface area (Å²) in [6, 6.07) is 0. The van der Waals surface area contributed by atoms with Gasteiger partial charge in [0, 0.05) is 0 Å². The Labute approximate surface area is 68.0 Å². The third-order valence-electron chi connectivity index (χ3n) is 0.167. The molecule has 0 aliphatic rings. The van der Waals surface area contributed by atoms with E-state index in [1.165, 1.54) is 0 Å². The van der Waals surface area contributed by atoms with Gasteiger partial charge in [0.15, 0.2) is 0 Å². The van der Waals surface area contributed by atoms with Gasteiger partial charge in [-0.15, -0.1) is 51.9 Å². The molecule has 0 amide bonds. The lowest BCUT2D eigenvalue weighted by Gasteiger charge is -1.58. The van der Waals surface area contributed by atoms with Crippen LogP contribution in [0.15, 0.2) is 12.7 Å². The summed E-state index contributed by atoms with van der Waals surface area (Å²) in [5.41, 5.74) is 0. The van der Waals surface area contributed by atoms with Crippen molar-refractivity contribution in [2.75, 3.05) is 0 Å². The lowest BCUT2D eigenvalue weighted by Crippen LogP contribution is -1.47. The van der Waals surface area contributed by atoms with Crippen LogP contribution in [0.1, 0.15) is 0 Å². The standard InChI is InChI=1S/C3H5.Al.2BrH/c1-3-2;;;/h3H,1-2H2;;2*1H. The fourth-order valence-corrected chi connectivity index (χ4v) is 0. The first-order chi connectivity index (χ1) is 1.91. The topological polar surface area (TPSA) is 0 Å². The summed E-state index contributed by atoms with van der Waals surface area (Å²) >= 11 is 2.54. The van der Waals surface area contributed by atoms with Crippen molar-refractivity contribution in [2.45, 2.75) is 5.28 Å². The number of hydrogen-bond acceptors (Lipinski definition) is 0. The van der Waals surface area contributed by atoms with Crippen LogP contribution in [0.25, 0.3) is 0 Å². The highest BCUT2D eigenvalue weighted by Gasteiger charge is 1.46. The summed E-state index contributed by atoms with van der Waals surface area (Å²) in [5, 5.41) is 1.00. The zero-order chi connectivity index (χ0) is 3.41. The zero-order valence-electron chi connectivity index (χ0n) is 3.39. The maximum atomic E-state index is 3.46. The second kappa shape index (κ2) is 16.3. The lowest BCUT2D eigenvalue weighted by molar-refractivity contribution is 1.76. The van der Waals surface area contributed by atoms with E-state index in [-0.39, 0.29) is 34.0 Å². The molecule has 0 aromatic heterocycles. The van der Waals surface area contributed by atoms with Gasteiger partial charge in [-0.1, -0.05) is 0 Å². The fourth-order valence-electron chi connectivity index (χ4n) is 0. The van der Waals surface area contributed by atoms with E-state index in [1.54, 1.807) is 0 Å². The third-order valence-corrected chi connectivity index (χ3v) is 0.500. The normalized spacial score (nSPS) is 4.00. The predicted molar refractivity (Wildman–Crippen MR) is 41.4 cm³/mol. The van der Waals surface area contributed by atoms with Crippen LogP contribution in [-0.4, -0.2) is 16.3 Å². The van der Waals surface area contributed by atoms with Gasteiger partial charge >= 0.3 is 0 Å². The molecule has 0 atom stereocenters. The fraction of sp³-hybridized carbons (Fsp3) is 0.333. The monoisotopic (exact) mass is 228 g/mol. The maximum absolute atomic E-state index is 3.46. The van der Waals surface area contributed by atoms with Gasteiger partial charge in [-0.2, -0.15) is 0 Å². The number of allylic oxidation sites excluding steroid dienone is 1. The van der Waals surface area contributed by atoms with Gasteiger partial charge in [-0.3, -0.25) is 0 Å². The van der Waals surface area contributed by atoms with Crippen LogP contribution in [0.5, 0.6) is 0 Å². The molecule has 0 aromatic carbocycles. The Morgan fingerprint density at radius 1 is 1.50 bits per heavy atom. The molecule has 0 rings (SSSR count). The Hall–Kier alpha value is 1.23. The van der Waals surface area contributed by atoms with Crippen LogP contribution in [0.4, 0.5) is 0 Å². The summed E-state index contributed by atoms with van der Waals surface area (Å²) in [6.45, 7) is 3.46. The van der Waals surface area contributed by atoms with E-state index in [2.05, 4.69) is 22.9 Å². The molecule has 0 aromatic rings. The van der Waals surface area contributed by atoms with E-state index in [0.29, 0.717) is 0 Å². The van der Waals surface area contributed by atoms with E-state index < -0.39 is 0 Å². The lowest BCUT2D eigenvalue weighted by atomic mass is 10.8. The Bertz CT molecular complexity index is 22.8. The minimum absolute atomic E-state index is 0.